The Morgan fingerprint density at radius 3 is 2.93 bits per heavy atom. The van der Waals surface area contributed by atoms with Gasteiger partial charge in [0.1, 0.15) is 17.8 Å². The summed E-state index contributed by atoms with van der Waals surface area (Å²) in [6, 6.07) is 2.29. The van der Waals surface area contributed by atoms with E-state index in [1.165, 1.54) is 13.2 Å². The SMILES string of the molecule is COC(=O)c1ccc(F)c(CC=O)n1. The maximum absolute atomic E-state index is 13.0. The van der Waals surface area contributed by atoms with Gasteiger partial charge in [-0.2, -0.15) is 0 Å². The van der Waals surface area contributed by atoms with Crippen molar-refractivity contribution in [1.82, 2.24) is 4.98 Å². The molecule has 0 amide bonds. The lowest BCUT2D eigenvalue weighted by molar-refractivity contribution is -0.107. The first-order chi connectivity index (χ1) is 6.69. The molecule has 1 rings (SSSR count). The lowest BCUT2D eigenvalue weighted by atomic mass is 10.2. The number of hydrogen-bond donors (Lipinski definition) is 0. The van der Waals surface area contributed by atoms with Crippen LogP contribution in [0.15, 0.2) is 12.1 Å². The van der Waals surface area contributed by atoms with Crippen LogP contribution in [-0.4, -0.2) is 24.3 Å². The van der Waals surface area contributed by atoms with E-state index in [4.69, 9.17) is 0 Å². The average Bonchev–Trinajstić information content (AvgIpc) is 2.20. The van der Waals surface area contributed by atoms with Crippen LogP contribution in [0.1, 0.15) is 16.2 Å². The second kappa shape index (κ2) is 4.45. The van der Waals surface area contributed by atoms with E-state index in [1.54, 1.807) is 0 Å². The van der Waals surface area contributed by atoms with Gasteiger partial charge in [-0.3, -0.25) is 0 Å². The van der Waals surface area contributed by atoms with Crippen molar-refractivity contribution in [2.75, 3.05) is 7.11 Å². The molecule has 0 fully saturated rings. The van der Waals surface area contributed by atoms with Crippen LogP contribution in [0.4, 0.5) is 4.39 Å². The van der Waals surface area contributed by atoms with Crippen molar-refractivity contribution in [3.05, 3.63) is 29.3 Å². The van der Waals surface area contributed by atoms with Crippen molar-refractivity contribution >= 4 is 12.3 Å². The minimum atomic E-state index is -0.655. The van der Waals surface area contributed by atoms with Crippen molar-refractivity contribution in [2.45, 2.75) is 6.42 Å². The van der Waals surface area contributed by atoms with E-state index >= 15 is 0 Å². The molecule has 0 aliphatic heterocycles. The van der Waals surface area contributed by atoms with Gasteiger partial charge in [-0.15, -0.1) is 0 Å². The van der Waals surface area contributed by atoms with Crippen molar-refractivity contribution in [3.8, 4) is 0 Å². The van der Waals surface area contributed by atoms with Gasteiger partial charge < -0.3 is 9.53 Å². The first kappa shape index (κ1) is 10.3. The maximum Gasteiger partial charge on any atom is 0.356 e. The summed E-state index contributed by atoms with van der Waals surface area (Å²) < 4.78 is 17.3. The van der Waals surface area contributed by atoms with Crippen molar-refractivity contribution in [3.63, 3.8) is 0 Å². The van der Waals surface area contributed by atoms with E-state index in [2.05, 4.69) is 9.72 Å². The molecular formula is C9H8FNO3. The third kappa shape index (κ3) is 2.12. The van der Waals surface area contributed by atoms with Gasteiger partial charge in [0.25, 0.3) is 0 Å². The summed E-state index contributed by atoms with van der Waals surface area (Å²) in [5, 5.41) is 0. The molecule has 0 saturated carbocycles. The van der Waals surface area contributed by atoms with Crippen LogP contribution < -0.4 is 0 Å². The number of carbonyl (C=O) groups is 2. The number of nitrogens with zero attached hydrogens (tertiary/aromatic N) is 1. The number of aromatic nitrogens is 1. The molecule has 0 aliphatic carbocycles. The summed E-state index contributed by atoms with van der Waals surface area (Å²) in [5.74, 6) is -1.26. The van der Waals surface area contributed by atoms with Gasteiger partial charge in [-0.05, 0) is 12.1 Å². The first-order valence-electron chi connectivity index (χ1n) is 3.86. The number of esters is 1. The Balaban J connectivity index is 3.05. The fourth-order valence-corrected chi connectivity index (χ4v) is 0.925. The van der Waals surface area contributed by atoms with Gasteiger partial charge in [0.2, 0.25) is 0 Å². The highest BCUT2D eigenvalue weighted by Gasteiger charge is 2.10. The van der Waals surface area contributed by atoms with Crippen molar-refractivity contribution in [1.29, 1.82) is 0 Å². The van der Waals surface area contributed by atoms with Crippen molar-refractivity contribution < 1.29 is 18.7 Å². The predicted octanol–water partition coefficient (Wildman–Crippen LogP) is 0.749. The topological polar surface area (TPSA) is 56.3 Å². The molecule has 5 heteroatoms. The Labute approximate surface area is 79.7 Å². The Kier molecular flexibility index (Phi) is 3.28. The van der Waals surface area contributed by atoms with Crippen LogP contribution >= 0.6 is 0 Å². The van der Waals surface area contributed by atoms with Crippen LogP contribution in [0, 0.1) is 5.82 Å². The molecule has 0 atom stereocenters. The molecule has 0 spiro atoms. The summed E-state index contributed by atoms with van der Waals surface area (Å²) in [6.07, 6.45) is 0.364. The zero-order chi connectivity index (χ0) is 10.6. The molecule has 1 aromatic heterocycles. The normalized spacial score (nSPS) is 9.57. The third-order valence-electron chi connectivity index (χ3n) is 1.59. The number of aldehydes is 1. The Morgan fingerprint density at radius 2 is 2.36 bits per heavy atom. The van der Waals surface area contributed by atoms with Gasteiger partial charge in [-0.25, -0.2) is 14.2 Å². The highest BCUT2D eigenvalue weighted by Crippen LogP contribution is 2.06. The predicted molar refractivity (Wildman–Crippen MR) is 45.3 cm³/mol. The third-order valence-corrected chi connectivity index (χ3v) is 1.59. The van der Waals surface area contributed by atoms with E-state index < -0.39 is 11.8 Å². The maximum atomic E-state index is 13.0. The first-order valence-corrected chi connectivity index (χ1v) is 3.86. The van der Waals surface area contributed by atoms with Gasteiger partial charge in [0, 0.05) is 6.42 Å². The number of hydrogen-bond acceptors (Lipinski definition) is 4. The fraction of sp³-hybridized carbons (Fsp3) is 0.222. The second-order valence-electron chi connectivity index (χ2n) is 2.49. The smallest absolute Gasteiger partial charge is 0.356 e. The molecule has 14 heavy (non-hydrogen) atoms. The number of carbonyl (C=O) groups excluding carboxylic acids is 2. The number of ether oxygens (including phenoxy) is 1. The number of methoxy groups -OCH3 is 1. The van der Waals surface area contributed by atoms with Gasteiger partial charge >= 0.3 is 5.97 Å². The average molecular weight is 197 g/mol. The van der Waals surface area contributed by atoms with Crippen LogP contribution in [0.5, 0.6) is 0 Å². The Morgan fingerprint density at radius 1 is 1.64 bits per heavy atom. The van der Waals surface area contributed by atoms with Gasteiger partial charge in [0.05, 0.1) is 12.8 Å². The number of rotatable bonds is 3. The van der Waals surface area contributed by atoms with E-state index in [0.717, 1.165) is 6.07 Å². The summed E-state index contributed by atoms with van der Waals surface area (Å²) in [6.45, 7) is 0. The molecule has 0 bridgehead atoms. The number of pyridine rings is 1. The molecule has 4 nitrogen and oxygen atoms in total. The van der Waals surface area contributed by atoms with E-state index in [-0.39, 0.29) is 17.8 Å². The zero-order valence-electron chi connectivity index (χ0n) is 7.49. The zero-order valence-corrected chi connectivity index (χ0v) is 7.49. The lowest BCUT2D eigenvalue weighted by Gasteiger charge is -2.01. The van der Waals surface area contributed by atoms with Gasteiger partial charge in [0.15, 0.2) is 0 Å². The van der Waals surface area contributed by atoms with E-state index in [0.29, 0.717) is 6.29 Å². The minimum Gasteiger partial charge on any atom is -0.464 e. The molecule has 74 valence electrons. The van der Waals surface area contributed by atoms with Gasteiger partial charge in [-0.1, -0.05) is 0 Å². The van der Waals surface area contributed by atoms with Crippen LogP contribution in [-0.2, 0) is 16.0 Å². The molecular weight excluding hydrogens is 189 g/mol. The molecule has 0 aromatic carbocycles. The quantitative estimate of drug-likeness (QED) is 0.530. The highest BCUT2D eigenvalue weighted by atomic mass is 19.1. The van der Waals surface area contributed by atoms with E-state index in [9.17, 15) is 14.0 Å². The van der Waals surface area contributed by atoms with Crippen LogP contribution in [0.25, 0.3) is 0 Å². The second-order valence-corrected chi connectivity index (χ2v) is 2.49. The number of halogens is 1. The monoisotopic (exact) mass is 197 g/mol. The van der Waals surface area contributed by atoms with Crippen molar-refractivity contribution in [2.24, 2.45) is 0 Å². The lowest BCUT2D eigenvalue weighted by Crippen LogP contribution is -2.07. The molecule has 1 aromatic rings. The summed E-state index contributed by atoms with van der Waals surface area (Å²) in [7, 11) is 1.20. The molecule has 0 aliphatic rings. The summed E-state index contributed by atoms with van der Waals surface area (Å²) in [5.41, 5.74) is -0.0614. The molecule has 1 heterocycles. The largest absolute Gasteiger partial charge is 0.464 e. The molecule has 0 saturated heterocycles. The fourth-order valence-electron chi connectivity index (χ4n) is 0.925. The molecule has 0 N–H and O–H groups in total. The summed E-state index contributed by atoms with van der Waals surface area (Å²) >= 11 is 0. The molecule has 0 unspecified atom stereocenters. The molecule has 0 radical (unpaired) electrons. The standard InChI is InChI=1S/C9H8FNO3/c1-14-9(13)8-3-2-6(10)7(11-8)4-5-12/h2-3,5H,4H2,1H3. The van der Waals surface area contributed by atoms with Crippen LogP contribution in [0.2, 0.25) is 0 Å². The Bertz CT molecular complexity index is 365. The minimum absolute atomic E-state index is 0.00856. The Hall–Kier alpha value is -1.78. The highest BCUT2D eigenvalue weighted by molar-refractivity contribution is 5.87. The van der Waals surface area contributed by atoms with Crippen LogP contribution in [0.3, 0.4) is 0 Å². The van der Waals surface area contributed by atoms with E-state index in [1.807, 2.05) is 0 Å². The summed E-state index contributed by atoms with van der Waals surface area (Å²) in [4.78, 5) is 24.8.